The van der Waals surface area contributed by atoms with Gasteiger partial charge in [-0.15, -0.1) is 0 Å². The molecular weight excluding hydrogens is 385 g/mol. The summed E-state index contributed by atoms with van der Waals surface area (Å²) in [5, 5.41) is 5.84. The van der Waals surface area contributed by atoms with Crippen LogP contribution < -0.4 is 15.4 Å². The zero-order valence-electron chi connectivity index (χ0n) is 15.0. The van der Waals surface area contributed by atoms with Crippen molar-refractivity contribution >= 4 is 23.5 Å². The lowest BCUT2D eigenvalue weighted by Crippen LogP contribution is -2.49. The van der Waals surface area contributed by atoms with Gasteiger partial charge >= 0.3 is 6.03 Å². The molecule has 8 heteroatoms. The van der Waals surface area contributed by atoms with E-state index in [-0.39, 0.29) is 12.5 Å². The predicted octanol–water partition coefficient (Wildman–Crippen LogP) is 3.17. The first kappa shape index (κ1) is 18.3. The van der Waals surface area contributed by atoms with E-state index in [2.05, 4.69) is 17.2 Å². The SMILES string of the molecule is C=C1NC(=O)NC1(CN1Cc2cc(OC)c(Cl)cc2C1=O)c1ccc(F)cc1. The highest BCUT2D eigenvalue weighted by Crippen LogP contribution is 2.37. The molecule has 2 aromatic rings. The molecule has 1 fully saturated rings. The average molecular weight is 402 g/mol. The number of nitrogens with zero attached hydrogens (tertiary/aromatic N) is 1. The van der Waals surface area contributed by atoms with Crippen LogP contribution >= 0.6 is 11.6 Å². The van der Waals surface area contributed by atoms with E-state index < -0.39 is 17.4 Å². The Bertz CT molecular complexity index is 1010. The average Bonchev–Trinajstić information content (AvgIpc) is 3.11. The third kappa shape index (κ3) is 2.79. The minimum Gasteiger partial charge on any atom is -0.495 e. The second kappa shape index (κ2) is 6.53. The van der Waals surface area contributed by atoms with Gasteiger partial charge in [0.2, 0.25) is 0 Å². The van der Waals surface area contributed by atoms with Gasteiger partial charge in [-0.3, -0.25) is 4.79 Å². The largest absolute Gasteiger partial charge is 0.495 e. The van der Waals surface area contributed by atoms with Gasteiger partial charge in [0.15, 0.2) is 0 Å². The number of ether oxygens (including phenoxy) is 1. The Balaban J connectivity index is 1.71. The van der Waals surface area contributed by atoms with Crippen LogP contribution in [0.5, 0.6) is 5.75 Å². The number of urea groups is 1. The van der Waals surface area contributed by atoms with Crippen LogP contribution in [0.4, 0.5) is 9.18 Å². The molecule has 0 saturated carbocycles. The molecule has 2 N–H and O–H groups in total. The number of fused-ring (bicyclic) bond motifs is 1. The van der Waals surface area contributed by atoms with Gasteiger partial charge in [0, 0.05) is 17.8 Å². The second-order valence-electron chi connectivity index (χ2n) is 6.78. The fraction of sp³-hybridized carbons (Fsp3) is 0.200. The smallest absolute Gasteiger partial charge is 0.320 e. The molecule has 4 rings (SSSR count). The van der Waals surface area contributed by atoms with E-state index in [1.165, 1.54) is 19.2 Å². The maximum atomic E-state index is 13.4. The van der Waals surface area contributed by atoms with Crippen LogP contribution in [0.1, 0.15) is 21.5 Å². The second-order valence-corrected chi connectivity index (χ2v) is 7.18. The number of methoxy groups -OCH3 is 1. The number of amides is 3. The third-order valence-corrected chi connectivity index (χ3v) is 5.42. The molecule has 2 aromatic carbocycles. The molecule has 2 heterocycles. The van der Waals surface area contributed by atoms with Gasteiger partial charge in [0.1, 0.15) is 17.1 Å². The molecule has 0 bridgehead atoms. The Morgan fingerprint density at radius 1 is 1.29 bits per heavy atom. The molecule has 0 aliphatic carbocycles. The van der Waals surface area contributed by atoms with Crippen LogP contribution in [-0.4, -0.2) is 30.5 Å². The molecule has 1 unspecified atom stereocenters. The van der Waals surface area contributed by atoms with Crippen molar-refractivity contribution in [3.63, 3.8) is 0 Å². The Morgan fingerprint density at radius 2 is 2.00 bits per heavy atom. The van der Waals surface area contributed by atoms with E-state index in [1.807, 2.05) is 0 Å². The van der Waals surface area contributed by atoms with Crippen molar-refractivity contribution < 1.29 is 18.7 Å². The summed E-state index contributed by atoms with van der Waals surface area (Å²) >= 11 is 6.16. The number of halogens is 2. The van der Waals surface area contributed by atoms with Crippen molar-refractivity contribution in [1.82, 2.24) is 15.5 Å². The van der Waals surface area contributed by atoms with Gasteiger partial charge in [0.05, 0.1) is 18.7 Å². The number of benzene rings is 2. The van der Waals surface area contributed by atoms with E-state index in [9.17, 15) is 14.0 Å². The van der Waals surface area contributed by atoms with E-state index in [1.54, 1.807) is 29.2 Å². The summed E-state index contributed by atoms with van der Waals surface area (Å²) < 4.78 is 18.6. The lowest BCUT2D eigenvalue weighted by atomic mass is 9.87. The topological polar surface area (TPSA) is 70.7 Å². The fourth-order valence-corrected chi connectivity index (χ4v) is 3.94. The molecule has 3 amide bonds. The van der Waals surface area contributed by atoms with Crippen LogP contribution in [0.15, 0.2) is 48.7 Å². The maximum Gasteiger partial charge on any atom is 0.320 e. The van der Waals surface area contributed by atoms with Crippen LogP contribution in [-0.2, 0) is 12.1 Å². The number of carbonyl (C=O) groups is 2. The van der Waals surface area contributed by atoms with Gasteiger partial charge in [-0.1, -0.05) is 30.3 Å². The quantitative estimate of drug-likeness (QED) is 0.826. The Morgan fingerprint density at radius 3 is 2.61 bits per heavy atom. The van der Waals surface area contributed by atoms with Crippen molar-refractivity contribution in [2.45, 2.75) is 12.1 Å². The molecule has 0 aromatic heterocycles. The summed E-state index contributed by atoms with van der Waals surface area (Å²) in [4.78, 5) is 26.6. The monoisotopic (exact) mass is 401 g/mol. The highest BCUT2D eigenvalue weighted by atomic mass is 35.5. The highest BCUT2D eigenvalue weighted by molar-refractivity contribution is 6.32. The van der Waals surface area contributed by atoms with Gasteiger partial charge < -0.3 is 20.3 Å². The molecule has 2 aliphatic rings. The number of nitrogens with one attached hydrogen (secondary N) is 2. The fourth-order valence-electron chi connectivity index (χ4n) is 3.69. The van der Waals surface area contributed by atoms with E-state index in [0.717, 1.165) is 5.56 Å². The molecule has 1 atom stereocenters. The minimum absolute atomic E-state index is 0.129. The normalized spacial score (nSPS) is 20.8. The van der Waals surface area contributed by atoms with Crippen molar-refractivity contribution in [1.29, 1.82) is 0 Å². The molecule has 144 valence electrons. The summed E-state index contributed by atoms with van der Waals surface area (Å²) in [6.07, 6.45) is 0. The summed E-state index contributed by atoms with van der Waals surface area (Å²) in [5.74, 6) is -0.119. The first-order valence-electron chi connectivity index (χ1n) is 8.54. The first-order valence-corrected chi connectivity index (χ1v) is 8.92. The lowest BCUT2D eigenvalue weighted by Gasteiger charge is -2.34. The van der Waals surface area contributed by atoms with E-state index >= 15 is 0 Å². The molecule has 0 radical (unpaired) electrons. The van der Waals surface area contributed by atoms with E-state index in [0.29, 0.717) is 34.1 Å². The summed E-state index contributed by atoms with van der Waals surface area (Å²) in [7, 11) is 1.51. The van der Waals surface area contributed by atoms with Crippen LogP contribution in [0.3, 0.4) is 0 Å². The Labute approximate surface area is 165 Å². The lowest BCUT2D eigenvalue weighted by molar-refractivity contribution is 0.0741. The molecule has 0 spiro atoms. The zero-order chi connectivity index (χ0) is 20.1. The van der Waals surface area contributed by atoms with Crippen molar-refractivity contribution in [2.75, 3.05) is 13.7 Å². The summed E-state index contributed by atoms with van der Waals surface area (Å²) in [6, 6.07) is 8.65. The van der Waals surface area contributed by atoms with Crippen molar-refractivity contribution in [3.8, 4) is 5.75 Å². The summed E-state index contributed by atoms with van der Waals surface area (Å²) in [6.45, 7) is 4.40. The maximum absolute atomic E-state index is 13.4. The number of carbonyl (C=O) groups excluding carboxylic acids is 2. The number of rotatable bonds is 4. The summed E-state index contributed by atoms with van der Waals surface area (Å²) in [5.41, 5.74) is 1.21. The van der Waals surface area contributed by atoms with Crippen molar-refractivity contribution in [3.05, 3.63) is 76.2 Å². The van der Waals surface area contributed by atoms with Gasteiger partial charge in [0.25, 0.3) is 5.91 Å². The highest BCUT2D eigenvalue weighted by Gasteiger charge is 2.46. The standard InChI is InChI=1S/C20H17ClFN3O3/c1-11-20(24-19(27)23-11,13-3-5-14(22)6-4-13)10-25-9-12-7-17(28-2)16(21)8-15(12)18(25)26/h3-8H,1,9-10H2,2H3,(H2,23,24,27). The molecule has 2 aliphatic heterocycles. The van der Waals surface area contributed by atoms with E-state index in [4.69, 9.17) is 16.3 Å². The predicted molar refractivity (Wildman–Crippen MR) is 102 cm³/mol. The molecule has 6 nitrogen and oxygen atoms in total. The zero-order valence-corrected chi connectivity index (χ0v) is 15.8. The van der Waals surface area contributed by atoms with Gasteiger partial charge in [-0.2, -0.15) is 0 Å². The first-order chi connectivity index (χ1) is 13.3. The van der Waals surface area contributed by atoms with Crippen molar-refractivity contribution in [2.24, 2.45) is 0 Å². The molecule has 28 heavy (non-hydrogen) atoms. The van der Waals surface area contributed by atoms with Gasteiger partial charge in [-0.25, -0.2) is 9.18 Å². The van der Waals surface area contributed by atoms with Crippen LogP contribution in [0, 0.1) is 5.82 Å². The van der Waals surface area contributed by atoms with Crippen LogP contribution in [0.25, 0.3) is 0 Å². The van der Waals surface area contributed by atoms with Crippen LogP contribution in [0.2, 0.25) is 5.02 Å². The number of hydrogen-bond donors (Lipinski definition) is 2. The Kier molecular flexibility index (Phi) is 4.27. The van der Waals surface area contributed by atoms with Gasteiger partial charge in [-0.05, 0) is 35.4 Å². The minimum atomic E-state index is -1.07. The number of hydrogen-bond acceptors (Lipinski definition) is 3. The molecular formula is C20H17ClFN3O3. The molecule has 1 saturated heterocycles. The Hall–Kier alpha value is -3.06. The third-order valence-electron chi connectivity index (χ3n) is 5.13.